The van der Waals surface area contributed by atoms with Crippen LogP contribution in [0.4, 0.5) is 0 Å². The molecule has 1 atom stereocenters. The molecule has 0 amide bonds. The molecule has 6 heteroatoms. The molecule has 1 aromatic carbocycles. The van der Waals surface area contributed by atoms with Crippen molar-refractivity contribution >= 4 is 11.9 Å². The summed E-state index contributed by atoms with van der Waals surface area (Å²) in [5.74, 6) is -0.783. The summed E-state index contributed by atoms with van der Waals surface area (Å²) in [6, 6.07) is 6.10. The predicted molar refractivity (Wildman–Crippen MR) is 76.8 cm³/mol. The molecule has 6 nitrogen and oxygen atoms in total. The van der Waals surface area contributed by atoms with Crippen molar-refractivity contribution in [2.75, 3.05) is 7.11 Å². The first kappa shape index (κ1) is 17.0. The Morgan fingerprint density at radius 2 is 1.57 bits per heavy atom. The van der Waals surface area contributed by atoms with Gasteiger partial charge in [0.15, 0.2) is 0 Å². The zero-order valence-corrected chi connectivity index (χ0v) is 12.9. The van der Waals surface area contributed by atoms with Crippen LogP contribution in [0, 0.1) is 0 Å². The van der Waals surface area contributed by atoms with E-state index in [-0.39, 0.29) is 0 Å². The minimum Gasteiger partial charge on any atom is -0.465 e. The Hall–Kier alpha value is -2.08. The van der Waals surface area contributed by atoms with Gasteiger partial charge in [-0.2, -0.15) is 0 Å². The molecule has 0 radical (unpaired) electrons. The van der Waals surface area contributed by atoms with Gasteiger partial charge >= 0.3 is 11.9 Å². The Kier molecular flexibility index (Phi) is 4.96. The summed E-state index contributed by atoms with van der Waals surface area (Å²) < 4.78 is 15.2. The lowest BCUT2D eigenvalue weighted by Gasteiger charge is -2.28. The minimum atomic E-state index is -1.62. The molecule has 0 saturated carbocycles. The Balaban J connectivity index is 2.79. The smallest absolute Gasteiger partial charge is 0.366 e. The lowest BCUT2D eigenvalue weighted by molar-refractivity contribution is -0.172. The van der Waals surface area contributed by atoms with E-state index in [4.69, 9.17) is 15.2 Å². The molecule has 1 rings (SSSR count). The fourth-order valence-corrected chi connectivity index (χ4v) is 1.44. The maximum atomic E-state index is 12.0. The van der Waals surface area contributed by atoms with E-state index >= 15 is 0 Å². The lowest BCUT2D eigenvalue weighted by atomic mass is 10.2. The average molecular weight is 295 g/mol. The van der Waals surface area contributed by atoms with Gasteiger partial charge < -0.3 is 14.2 Å². The molecule has 0 aliphatic carbocycles. The number of hydrogen-bond acceptors (Lipinski definition) is 6. The Labute approximate surface area is 124 Å². The van der Waals surface area contributed by atoms with Crippen molar-refractivity contribution in [3.8, 4) is 5.75 Å². The van der Waals surface area contributed by atoms with Crippen molar-refractivity contribution in [3.05, 3.63) is 29.8 Å². The van der Waals surface area contributed by atoms with Gasteiger partial charge in [0.2, 0.25) is 0 Å². The molecule has 1 unspecified atom stereocenters. The van der Waals surface area contributed by atoms with E-state index in [9.17, 15) is 9.59 Å². The zero-order valence-electron chi connectivity index (χ0n) is 12.9. The van der Waals surface area contributed by atoms with Crippen LogP contribution in [0.15, 0.2) is 24.3 Å². The van der Waals surface area contributed by atoms with Crippen molar-refractivity contribution in [1.82, 2.24) is 0 Å². The van der Waals surface area contributed by atoms with E-state index in [1.165, 1.54) is 38.3 Å². The van der Waals surface area contributed by atoms with Crippen LogP contribution >= 0.6 is 0 Å². The number of hydrogen-bond donors (Lipinski definition) is 1. The van der Waals surface area contributed by atoms with Crippen LogP contribution in [0.1, 0.15) is 38.1 Å². The first-order valence-corrected chi connectivity index (χ1v) is 6.45. The molecule has 0 bridgehead atoms. The number of rotatable bonds is 4. The van der Waals surface area contributed by atoms with Crippen molar-refractivity contribution in [1.29, 1.82) is 0 Å². The molecule has 0 aliphatic heterocycles. The van der Waals surface area contributed by atoms with E-state index < -0.39 is 23.3 Å². The van der Waals surface area contributed by atoms with Crippen molar-refractivity contribution in [3.63, 3.8) is 0 Å². The topological polar surface area (TPSA) is 87.9 Å². The van der Waals surface area contributed by atoms with Crippen molar-refractivity contribution in [2.45, 2.75) is 39.0 Å². The summed E-state index contributed by atoms with van der Waals surface area (Å²) in [7, 11) is 1.30. The third-order valence-corrected chi connectivity index (χ3v) is 2.41. The first-order chi connectivity index (χ1) is 9.55. The van der Waals surface area contributed by atoms with Crippen LogP contribution in [-0.2, 0) is 14.3 Å². The van der Waals surface area contributed by atoms with Crippen LogP contribution in [0.25, 0.3) is 0 Å². The number of carbonyl (C=O) groups excluding carboxylic acids is 2. The molecule has 2 N–H and O–H groups in total. The summed E-state index contributed by atoms with van der Waals surface area (Å²) in [4.78, 5) is 23.3. The second-order valence-corrected chi connectivity index (χ2v) is 5.73. The normalized spacial score (nSPS) is 14.0. The molecule has 0 fully saturated rings. The fraction of sp³-hybridized carbons (Fsp3) is 0.467. The van der Waals surface area contributed by atoms with Crippen molar-refractivity contribution in [2.24, 2.45) is 5.73 Å². The van der Waals surface area contributed by atoms with E-state index in [1.807, 2.05) is 0 Å². The fourth-order valence-electron chi connectivity index (χ4n) is 1.44. The summed E-state index contributed by atoms with van der Waals surface area (Å²) in [5, 5.41) is 0. The van der Waals surface area contributed by atoms with Gasteiger partial charge in [0.25, 0.3) is 5.72 Å². The number of ether oxygens (including phenoxy) is 3. The minimum absolute atomic E-state index is 0.346. The monoisotopic (exact) mass is 295 g/mol. The molecule has 0 aliphatic rings. The van der Waals surface area contributed by atoms with Gasteiger partial charge in [-0.3, -0.25) is 5.73 Å². The molecule has 0 saturated heterocycles. The van der Waals surface area contributed by atoms with Gasteiger partial charge in [-0.25, -0.2) is 9.59 Å². The Bertz CT molecular complexity index is 514. The Morgan fingerprint density at radius 1 is 1.05 bits per heavy atom. The molecule has 21 heavy (non-hydrogen) atoms. The average Bonchev–Trinajstić information content (AvgIpc) is 2.36. The van der Waals surface area contributed by atoms with E-state index in [2.05, 4.69) is 4.74 Å². The highest BCUT2D eigenvalue weighted by atomic mass is 16.6. The number of nitrogens with two attached hydrogens (primary N) is 1. The highest BCUT2D eigenvalue weighted by Crippen LogP contribution is 2.19. The quantitative estimate of drug-likeness (QED) is 0.674. The molecule has 0 spiro atoms. The molecular formula is C15H21NO5. The largest absolute Gasteiger partial charge is 0.465 e. The maximum Gasteiger partial charge on any atom is 0.366 e. The van der Waals surface area contributed by atoms with Gasteiger partial charge in [-0.05, 0) is 45.0 Å². The van der Waals surface area contributed by atoms with Crippen LogP contribution in [-0.4, -0.2) is 30.4 Å². The highest BCUT2D eigenvalue weighted by Gasteiger charge is 2.35. The van der Waals surface area contributed by atoms with Crippen LogP contribution in [0.5, 0.6) is 5.75 Å². The number of carbonyl (C=O) groups is 2. The standard InChI is InChI=1S/C15H21NO5/c1-14(2,3)21-13(18)15(4,16)20-11-8-6-10(7-9-11)12(17)19-5/h6-9H,16H2,1-5H3. The van der Waals surface area contributed by atoms with E-state index in [0.717, 1.165) is 0 Å². The van der Waals surface area contributed by atoms with Gasteiger partial charge in [0.1, 0.15) is 11.4 Å². The molecule has 116 valence electrons. The third-order valence-electron chi connectivity index (χ3n) is 2.41. The number of methoxy groups -OCH3 is 1. The van der Waals surface area contributed by atoms with Gasteiger partial charge in [-0.1, -0.05) is 0 Å². The second kappa shape index (κ2) is 6.13. The first-order valence-electron chi connectivity index (χ1n) is 6.45. The van der Waals surface area contributed by atoms with E-state index in [1.54, 1.807) is 20.8 Å². The number of esters is 2. The molecule has 0 heterocycles. The molecular weight excluding hydrogens is 274 g/mol. The summed E-state index contributed by atoms with van der Waals surface area (Å²) in [6.45, 7) is 6.64. The maximum absolute atomic E-state index is 12.0. The van der Waals surface area contributed by atoms with Gasteiger partial charge in [-0.15, -0.1) is 0 Å². The summed E-state index contributed by atoms with van der Waals surface area (Å²) >= 11 is 0. The summed E-state index contributed by atoms with van der Waals surface area (Å²) in [5.41, 5.74) is 3.93. The SMILES string of the molecule is COC(=O)c1ccc(OC(C)(N)C(=O)OC(C)(C)C)cc1. The Morgan fingerprint density at radius 3 is 2.00 bits per heavy atom. The van der Waals surface area contributed by atoms with Gasteiger partial charge in [0, 0.05) is 6.92 Å². The highest BCUT2D eigenvalue weighted by molar-refractivity contribution is 5.89. The van der Waals surface area contributed by atoms with E-state index in [0.29, 0.717) is 11.3 Å². The predicted octanol–water partition coefficient (Wildman–Crippen LogP) is 1.87. The van der Waals surface area contributed by atoms with Crippen LogP contribution in [0.3, 0.4) is 0 Å². The zero-order chi connectivity index (χ0) is 16.3. The van der Waals surface area contributed by atoms with Crippen molar-refractivity contribution < 1.29 is 23.8 Å². The third kappa shape index (κ3) is 5.07. The molecule has 0 aromatic heterocycles. The van der Waals surface area contributed by atoms with Gasteiger partial charge in [0.05, 0.1) is 12.7 Å². The van der Waals surface area contributed by atoms with Crippen LogP contribution in [0.2, 0.25) is 0 Å². The van der Waals surface area contributed by atoms with Crippen LogP contribution < -0.4 is 10.5 Å². The molecule has 1 aromatic rings. The summed E-state index contributed by atoms with van der Waals surface area (Å²) in [6.07, 6.45) is 0. The number of benzene rings is 1. The lowest BCUT2D eigenvalue weighted by Crippen LogP contribution is -2.53. The second-order valence-electron chi connectivity index (χ2n) is 5.73.